The lowest BCUT2D eigenvalue weighted by atomic mass is 10.0. The molecule has 10 heteroatoms. The number of para-hydroxylation sites is 1. The first-order valence-corrected chi connectivity index (χ1v) is 7.96. The molecule has 7 nitrogen and oxygen atoms in total. The highest BCUT2D eigenvalue weighted by atomic mass is 19.4. The lowest BCUT2D eigenvalue weighted by Gasteiger charge is -2.13. The van der Waals surface area contributed by atoms with Crippen LogP contribution in [-0.2, 0) is 12.6 Å². The van der Waals surface area contributed by atoms with Crippen LogP contribution in [0, 0.1) is 10.1 Å². The Kier molecular flexibility index (Phi) is 5.04. The van der Waals surface area contributed by atoms with Crippen LogP contribution in [0.3, 0.4) is 0 Å². The highest BCUT2D eigenvalue weighted by molar-refractivity contribution is 5.81. The van der Waals surface area contributed by atoms with E-state index in [1.807, 2.05) is 0 Å². The molecule has 0 unspecified atom stereocenters. The number of halogens is 3. The van der Waals surface area contributed by atoms with Crippen molar-refractivity contribution < 1.29 is 27.6 Å². The normalized spacial score (nSPS) is 11.5. The zero-order valence-electron chi connectivity index (χ0n) is 14.8. The number of rotatable bonds is 5. The number of aromatic nitrogens is 2. The summed E-state index contributed by atoms with van der Waals surface area (Å²) < 4.78 is 49.8. The van der Waals surface area contributed by atoms with Crippen molar-refractivity contribution in [3.05, 3.63) is 63.6 Å². The first-order valence-electron chi connectivity index (χ1n) is 7.96. The van der Waals surface area contributed by atoms with Gasteiger partial charge in [-0.2, -0.15) is 13.2 Å². The van der Waals surface area contributed by atoms with E-state index in [1.165, 1.54) is 32.4 Å². The highest BCUT2D eigenvalue weighted by Crippen LogP contribution is 2.36. The molecule has 0 radical (unpaired) electrons. The molecule has 0 saturated carbocycles. The molecule has 1 aromatic heterocycles. The summed E-state index contributed by atoms with van der Waals surface area (Å²) in [5.41, 5.74) is -0.0512. The number of methoxy groups -OCH3 is 2. The number of nitro benzene ring substituents is 1. The predicted octanol–water partition coefficient (Wildman–Crippen LogP) is 4.16. The molecule has 3 rings (SSSR count). The van der Waals surface area contributed by atoms with Gasteiger partial charge in [0.05, 0.1) is 36.4 Å². The average Bonchev–Trinajstić information content (AvgIpc) is 2.66. The van der Waals surface area contributed by atoms with E-state index < -0.39 is 16.9 Å². The van der Waals surface area contributed by atoms with E-state index in [0.717, 1.165) is 0 Å². The Morgan fingerprint density at radius 3 is 2.32 bits per heavy atom. The molecule has 0 aliphatic rings. The predicted molar refractivity (Wildman–Crippen MR) is 93.5 cm³/mol. The van der Waals surface area contributed by atoms with Gasteiger partial charge in [0.2, 0.25) is 5.82 Å². The first kappa shape index (κ1) is 19.3. The molecular weight excluding hydrogens is 379 g/mol. The lowest BCUT2D eigenvalue weighted by Crippen LogP contribution is -2.13. The highest BCUT2D eigenvalue weighted by Gasteiger charge is 2.35. The van der Waals surface area contributed by atoms with Gasteiger partial charge in [0, 0.05) is 17.4 Å². The van der Waals surface area contributed by atoms with Crippen LogP contribution in [0.4, 0.5) is 18.9 Å². The molecule has 0 N–H and O–H groups in total. The molecule has 0 aliphatic carbocycles. The molecule has 0 atom stereocenters. The summed E-state index contributed by atoms with van der Waals surface area (Å²) in [6.45, 7) is 0. The van der Waals surface area contributed by atoms with Crippen LogP contribution < -0.4 is 9.47 Å². The van der Waals surface area contributed by atoms with Gasteiger partial charge in [0.15, 0.2) is 11.5 Å². The fraction of sp³-hybridized carbons (Fsp3) is 0.222. The van der Waals surface area contributed by atoms with E-state index in [1.54, 1.807) is 18.2 Å². The number of nitro groups is 1. The van der Waals surface area contributed by atoms with E-state index in [9.17, 15) is 23.3 Å². The Morgan fingerprint density at radius 1 is 1.07 bits per heavy atom. The van der Waals surface area contributed by atoms with Gasteiger partial charge in [-0.15, -0.1) is 0 Å². The Morgan fingerprint density at radius 2 is 1.71 bits per heavy atom. The van der Waals surface area contributed by atoms with Crippen molar-refractivity contribution in [1.29, 1.82) is 0 Å². The smallest absolute Gasteiger partial charge is 0.451 e. The van der Waals surface area contributed by atoms with E-state index in [4.69, 9.17) is 9.47 Å². The minimum Gasteiger partial charge on any atom is -0.493 e. The molecule has 1 heterocycles. The summed E-state index contributed by atoms with van der Waals surface area (Å²) >= 11 is 0. The molecule has 0 saturated heterocycles. The quantitative estimate of drug-likeness (QED) is 0.478. The molecule has 0 bridgehead atoms. The average molecular weight is 393 g/mol. The van der Waals surface area contributed by atoms with Crippen molar-refractivity contribution in [2.75, 3.05) is 14.2 Å². The zero-order valence-corrected chi connectivity index (χ0v) is 14.8. The van der Waals surface area contributed by atoms with E-state index in [2.05, 4.69) is 9.97 Å². The van der Waals surface area contributed by atoms with Crippen LogP contribution in [0.5, 0.6) is 11.5 Å². The maximum Gasteiger partial charge on any atom is 0.451 e. The van der Waals surface area contributed by atoms with Gasteiger partial charge in [0.1, 0.15) is 0 Å². The van der Waals surface area contributed by atoms with Gasteiger partial charge in [-0.1, -0.05) is 18.2 Å². The van der Waals surface area contributed by atoms with Gasteiger partial charge in [-0.3, -0.25) is 10.1 Å². The van der Waals surface area contributed by atoms with Crippen molar-refractivity contribution in [3.8, 4) is 11.5 Å². The third kappa shape index (κ3) is 3.66. The minimum atomic E-state index is -4.75. The number of fused-ring (bicyclic) bond motifs is 1. The van der Waals surface area contributed by atoms with Crippen LogP contribution in [0.1, 0.15) is 17.1 Å². The number of alkyl halides is 3. The summed E-state index contributed by atoms with van der Waals surface area (Å²) in [7, 11) is 2.68. The van der Waals surface area contributed by atoms with Gasteiger partial charge in [0.25, 0.3) is 5.69 Å². The Balaban J connectivity index is 2.21. The number of hydrogen-bond acceptors (Lipinski definition) is 6. The van der Waals surface area contributed by atoms with Crippen LogP contribution in [0.2, 0.25) is 0 Å². The van der Waals surface area contributed by atoms with E-state index >= 15 is 0 Å². The first-order chi connectivity index (χ1) is 13.2. The standard InChI is InChI=1S/C18H14F3N3O4/c1-27-15-8-10(14(24(25)26)9-16(15)28-2)7-13-11-5-3-4-6-12(11)22-17(23-13)18(19,20)21/h3-6,8-9H,7H2,1-2H3. The monoisotopic (exact) mass is 393 g/mol. The summed E-state index contributed by atoms with van der Waals surface area (Å²) in [6.07, 6.45) is -4.97. The van der Waals surface area contributed by atoms with Crippen LogP contribution >= 0.6 is 0 Å². The lowest BCUT2D eigenvalue weighted by molar-refractivity contribution is -0.385. The van der Waals surface area contributed by atoms with Crippen molar-refractivity contribution in [3.63, 3.8) is 0 Å². The van der Waals surface area contributed by atoms with Gasteiger partial charge < -0.3 is 9.47 Å². The number of benzene rings is 2. The Bertz CT molecular complexity index is 1050. The second-order valence-electron chi connectivity index (χ2n) is 5.78. The summed E-state index contributed by atoms with van der Waals surface area (Å²) in [4.78, 5) is 18.0. The van der Waals surface area contributed by atoms with Crippen LogP contribution in [0.15, 0.2) is 36.4 Å². The molecular formula is C18H14F3N3O4. The fourth-order valence-corrected chi connectivity index (χ4v) is 2.81. The second kappa shape index (κ2) is 7.29. The Labute approximate surface area is 156 Å². The minimum absolute atomic E-state index is 0.0215. The largest absolute Gasteiger partial charge is 0.493 e. The summed E-state index contributed by atoms with van der Waals surface area (Å²) in [5, 5.41) is 11.8. The number of nitrogens with zero attached hydrogens (tertiary/aromatic N) is 3. The van der Waals surface area contributed by atoms with Crippen molar-refractivity contribution >= 4 is 16.6 Å². The third-order valence-corrected chi connectivity index (χ3v) is 4.08. The Hall–Kier alpha value is -3.43. The van der Waals surface area contributed by atoms with Crippen LogP contribution in [0.25, 0.3) is 10.9 Å². The molecule has 0 fully saturated rings. The van der Waals surface area contributed by atoms with E-state index in [-0.39, 0.29) is 40.4 Å². The van der Waals surface area contributed by atoms with Crippen LogP contribution in [-0.4, -0.2) is 29.1 Å². The van der Waals surface area contributed by atoms with Crippen molar-refractivity contribution in [2.24, 2.45) is 0 Å². The maximum absolute atomic E-state index is 13.2. The zero-order chi connectivity index (χ0) is 20.5. The summed E-state index contributed by atoms with van der Waals surface area (Å²) in [5.74, 6) is -0.941. The topological polar surface area (TPSA) is 87.4 Å². The van der Waals surface area contributed by atoms with Gasteiger partial charge in [-0.25, -0.2) is 9.97 Å². The molecule has 3 aromatic rings. The van der Waals surface area contributed by atoms with Crippen molar-refractivity contribution in [2.45, 2.75) is 12.6 Å². The molecule has 0 aliphatic heterocycles. The number of hydrogen-bond donors (Lipinski definition) is 0. The number of ether oxygens (including phenoxy) is 2. The second-order valence-corrected chi connectivity index (χ2v) is 5.78. The molecule has 146 valence electrons. The van der Waals surface area contributed by atoms with Gasteiger partial charge >= 0.3 is 6.18 Å². The van der Waals surface area contributed by atoms with E-state index in [0.29, 0.717) is 5.39 Å². The SMILES string of the molecule is COc1cc(Cc2nc(C(F)(F)F)nc3ccccc23)c([N+](=O)[O-])cc1OC. The maximum atomic E-state index is 13.2. The van der Waals surface area contributed by atoms with Crippen molar-refractivity contribution in [1.82, 2.24) is 9.97 Å². The molecule has 0 spiro atoms. The molecule has 28 heavy (non-hydrogen) atoms. The molecule has 2 aromatic carbocycles. The fourth-order valence-electron chi connectivity index (χ4n) is 2.81. The molecule has 0 amide bonds. The van der Waals surface area contributed by atoms with Gasteiger partial charge in [-0.05, 0) is 12.1 Å². The third-order valence-electron chi connectivity index (χ3n) is 4.08. The summed E-state index contributed by atoms with van der Waals surface area (Å²) in [6, 6.07) is 8.71.